The van der Waals surface area contributed by atoms with E-state index in [9.17, 15) is 22.8 Å². The summed E-state index contributed by atoms with van der Waals surface area (Å²) < 4.78 is 37.9. The molecular formula is C15H22F3N3O3. The Kier molecular flexibility index (Phi) is 7.27. The molecule has 1 atom stereocenters. The number of alkyl halides is 3. The first-order valence-corrected chi connectivity index (χ1v) is 7.59. The van der Waals surface area contributed by atoms with E-state index in [1.165, 1.54) is 0 Å². The number of aliphatic hydroxyl groups excluding tert-OH is 1. The van der Waals surface area contributed by atoms with Gasteiger partial charge in [0.25, 0.3) is 5.56 Å². The summed E-state index contributed by atoms with van der Waals surface area (Å²) >= 11 is 0. The van der Waals surface area contributed by atoms with Crippen LogP contribution >= 0.6 is 0 Å². The van der Waals surface area contributed by atoms with Crippen molar-refractivity contribution in [1.82, 2.24) is 10.3 Å². The molecule has 1 heterocycles. The molecule has 0 aliphatic heterocycles. The van der Waals surface area contributed by atoms with Crippen molar-refractivity contribution in [3.63, 3.8) is 0 Å². The first kappa shape index (κ1) is 20.0. The highest BCUT2D eigenvalue weighted by atomic mass is 19.4. The second-order valence-electron chi connectivity index (χ2n) is 5.97. The smallest absolute Gasteiger partial charge is 0.396 e. The number of carbonyl (C=O) groups excluding carboxylic acids is 1. The number of aromatic nitrogens is 1. The first-order valence-electron chi connectivity index (χ1n) is 7.59. The van der Waals surface area contributed by atoms with E-state index in [1.54, 1.807) is 0 Å². The van der Waals surface area contributed by atoms with Gasteiger partial charge in [0.2, 0.25) is 0 Å². The van der Waals surface area contributed by atoms with Crippen LogP contribution in [0.5, 0.6) is 0 Å². The van der Waals surface area contributed by atoms with Gasteiger partial charge in [0.15, 0.2) is 0 Å². The van der Waals surface area contributed by atoms with E-state index in [-0.39, 0.29) is 19.1 Å². The molecule has 9 heteroatoms. The Balaban J connectivity index is 2.69. The number of anilines is 1. The lowest BCUT2D eigenvalue weighted by Gasteiger charge is -2.18. The maximum atomic E-state index is 12.6. The van der Waals surface area contributed by atoms with Crippen LogP contribution in [0.1, 0.15) is 32.3 Å². The van der Waals surface area contributed by atoms with Gasteiger partial charge in [-0.2, -0.15) is 13.2 Å². The average molecular weight is 349 g/mol. The van der Waals surface area contributed by atoms with Crippen LogP contribution in [0.15, 0.2) is 17.1 Å². The summed E-state index contributed by atoms with van der Waals surface area (Å²) in [6.07, 6.45) is -2.79. The molecule has 6 nitrogen and oxygen atoms in total. The molecule has 0 radical (unpaired) electrons. The number of pyridine rings is 1. The summed E-state index contributed by atoms with van der Waals surface area (Å²) in [5.74, 6) is 0.415. The molecule has 0 bridgehead atoms. The zero-order chi connectivity index (χ0) is 18.3. The molecule has 2 amide bonds. The predicted molar refractivity (Wildman–Crippen MR) is 83.7 cm³/mol. The van der Waals surface area contributed by atoms with Crippen molar-refractivity contribution in [3.8, 4) is 0 Å². The summed E-state index contributed by atoms with van der Waals surface area (Å²) in [4.78, 5) is 25.3. The minimum absolute atomic E-state index is 0.0199. The third kappa shape index (κ3) is 6.61. The Bertz CT molecular complexity index is 600. The topological polar surface area (TPSA) is 94.2 Å². The Labute approximate surface area is 137 Å². The van der Waals surface area contributed by atoms with E-state index in [1.807, 2.05) is 18.8 Å². The van der Waals surface area contributed by atoms with Gasteiger partial charge in [-0.05, 0) is 30.7 Å². The van der Waals surface area contributed by atoms with Crippen molar-refractivity contribution >= 4 is 11.7 Å². The third-order valence-corrected chi connectivity index (χ3v) is 3.37. The van der Waals surface area contributed by atoms with Crippen molar-refractivity contribution in [2.75, 3.05) is 18.5 Å². The SMILES string of the molecule is CC(C)CC(CCO)CNC(=O)Nc1cc(C(F)(F)F)c[nH]c1=O. The maximum absolute atomic E-state index is 12.6. The van der Waals surface area contributed by atoms with Crippen LogP contribution < -0.4 is 16.2 Å². The van der Waals surface area contributed by atoms with Crippen molar-refractivity contribution in [2.24, 2.45) is 11.8 Å². The average Bonchev–Trinajstić information content (AvgIpc) is 2.45. The molecule has 4 N–H and O–H groups in total. The first-order chi connectivity index (χ1) is 11.1. The maximum Gasteiger partial charge on any atom is 0.417 e. The molecule has 0 aliphatic rings. The molecule has 0 fully saturated rings. The molecular weight excluding hydrogens is 327 g/mol. The van der Waals surface area contributed by atoms with Crippen molar-refractivity contribution in [3.05, 3.63) is 28.2 Å². The molecule has 0 saturated carbocycles. The number of halogens is 3. The number of rotatable bonds is 7. The van der Waals surface area contributed by atoms with Crippen LogP contribution in [-0.4, -0.2) is 29.3 Å². The van der Waals surface area contributed by atoms with Crippen molar-refractivity contribution < 1.29 is 23.1 Å². The molecule has 0 aromatic carbocycles. The van der Waals surface area contributed by atoms with E-state index in [0.29, 0.717) is 24.6 Å². The second kappa shape index (κ2) is 8.72. The van der Waals surface area contributed by atoms with Crippen molar-refractivity contribution in [2.45, 2.75) is 32.9 Å². The number of H-pyrrole nitrogens is 1. The van der Waals surface area contributed by atoms with E-state index in [0.717, 1.165) is 6.42 Å². The van der Waals surface area contributed by atoms with E-state index in [4.69, 9.17) is 5.11 Å². The number of aliphatic hydroxyl groups is 1. The molecule has 1 rings (SSSR count). The van der Waals surface area contributed by atoms with Gasteiger partial charge in [0.1, 0.15) is 5.69 Å². The van der Waals surface area contributed by atoms with Gasteiger partial charge in [0, 0.05) is 19.3 Å². The minimum atomic E-state index is -4.62. The highest BCUT2D eigenvalue weighted by Crippen LogP contribution is 2.29. The number of nitrogens with one attached hydrogen (secondary N) is 3. The summed E-state index contributed by atoms with van der Waals surface area (Å²) in [7, 11) is 0. The zero-order valence-corrected chi connectivity index (χ0v) is 13.5. The van der Waals surface area contributed by atoms with Crippen LogP contribution in [0, 0.1) is 11.8 Å². The number of hydrogen-bond donors (Lipinski definition) is 4. The van der Waals surface area contributed by atoms with Gasteiger partial charge in [0.05, 0.1) is 5.56 Å². The van der Waals surface area contributed by atoms with E-state index in [2.05, 4.69) is 10.6 Å². The van der Waals surface area contributed by atoms with Crippen LogP contribution in [-0.2, 0) is 6.18 Å². The standard InChI is InChI=1S/C15H22F3N3O3/c1-9(2)5-10(3-4-22)7-20-14(24)21-12-6-11(15(16,17)18)8-19-13(12)23/h6,8-10,22H,3-5,7H2,1-2H3,(H,19,23)(H2,20,21,24). The van der Waals surface area contributed by atoms with E-state index >= 15 is 0 Å². The molecule has 1 aromatic heterocycles. The lowest BCUT2D eigenvalue weighted by atomic mass is 9.94. The monoisotopic (exact) mass is 349 g/mol. The molecule has 0 saturated heterocycles. The fourth-order valence-corrected chi connectivity index (χ4v) is 2.30. The fraction of sp³-hybridized carbons (Fsp3) is 0.600. The summed E-state index contributed by atoms with van der Waals surface area (Å²) in [5.41, 5.74) is -2.37. The molecule has 1 aromatic rings. The number of amides is 2. The van der Waals surface area contributed by atoms with Gasteiger partial charge in [-0.3, -0.25) is 4.79 Å². The predicted octanol–water partition coefficient (Wildman–Crippen LogP) is 2.56. The number of aromatic amines is 1. The zero-order valence-electron chi connectivity index (χ0n) is 13.5. The number of hydrogen-bond acceptors (Lipinski definition) is 3. The molecule has 0 aliphatic carbocycles. The van der Waals surface area contributed by atoms with Crippen LogP contribution in [0.4, 0.5) is 23.7 Å². The second-order valence-corrected chi connectivity index (χ2v) is 5.97. The largest absolute Gasteiger partial charge is 0.417 e. The summed E-state index contributed by atoms with van der Waals surface area (Å²) in [6.45, 7) is 4.24. The highest BCUT2D eigenvalue weighted by molar-refractivity contribution is 5.89. The number of urea groups is 1. The summed E-state index contributed by atoms with van der Waals surface area (Å²) in [5, 5.41) is 13.6. The summed E-state index contributed by atoms with van der Waals surface area (Å²) in [6, 6.07) is -0.191. The third-order valence-electron chi connectivity index (χ3n) is 3.37. The van der Waals surface area contributed by atoms with Crippen molar-refractivity contribution in [1.29, 1.82) is 0 Å². The van der Waals surface area contributed by atoms with Gasteiger partial charge < -0.3 is 20.7 Å². The minimum Gasteiger partial charge on any atom is -0.396 e. The molecule has 1 unspecified atom stereocenters. The molecule has 0 spiro atoms. The Morgan fingerprint density at radius 2 is 2.04 bits per heavy atom. The van der Waals surface area contributed by atoms with Crippen LogP contribution in [0.25, 0.3) is 0 Å². The van der Waals surface area contributed by atoms with Crippen LogP contribution in [0.2, 0.25) is 0 Å². The quantitative estimate of drug-likeness (QED) is 0.609. The molecule has 136 valence electrons. The van der Waals surface area contributed by atoms with Gasteiger partial charge in [-0.15, -0.1) is 0 Å². The van der Waals surface area contributed by atoms with E-state index < -0.39 is 29.0 Å². The van der Waals surface area contributed by atoms with Gasteiger partial charge >= 0.3 is 12.2 Å². The molecule has 24 heavy (non-hydrogen) atoms. The normalized spacial score (nSPS) is 13.0. The van der Waals surface area contributed by atoms with Gasteiger partial charge in [-0.1, -0.05) is 13.8 Å². The van der Waals surface area contributed by atoms with Crippen LogP contribution in [0.3, 0.4) is 0 Å². The Morgan fingerprint density at radius 3 is 2.58 bits per heavy atom. The lowest BCUT2D eigenvalue weighted by Crippen LogP contribution is -2.35. The number of carbonyl (C=O) groups is 1. The highest BCUT2D eigenvalue weighted by Gasteiger charge is 2.31. The van der Waals surface area contributed by atoms with Gasteiger partial charge in [-0.25, -0.2) is 4.79 Å². The lowest BCUT2D eigenvalue weighted by molar-refractivity contribution is -0.137. The Hall–Kier alpha value is -2.03. The Morgan fingerprint density at radius 1 is 1.38 bits per heavy atom. The fourth-order valence-electron chi connectivity index (χ4n) is 2.30.